The van der Waals surface area contributed by atoms with Crippen LogP contribution < -0.4 is 4.90 Å². The summed E-state index contributed by atoms with van der Waals surface area (Å²) in [5.74, 6) is 2.53. The van der Waals surface area contributed by atoms with Crippen molar-refractivity contribution in [1.82, 2.24) is 0 Å². The molecule has 0 amide bonds. The molecule has 0 N–H and O–H groups in total. The summed E-state index contributed by atoms with van der Waals surface area (Å²) in [6.07, 6.45) is 0. The molecule has 12 aromatic rings. The van der Waals surface area contributed by atoms with Crippen LogP contribution in [-0.4, -0.2) is 0 Å². The van der Waals surface area contributed by atoms with E-state index in [1.165, 1.54) is 16.2 Å². The lowest BCUT2D eigenvalue weighted by molar-refractivity contribution is 0.634. The van der Waals surface area contributed by atoms with Crippen LogP contribution in [0.2, 0.25) is 0 Å². The van der Waals surface area contributed by atoms with Gasteiger partial charge in [0.2, 0.25) is 0 Å². The molecule has 0 saturated heterocycles. The SMILES string of the molecule is c1ccc2c(c1)ccc1cc(-c3ccc(N(c4ccc(-c5cc6ccc7ccccc7c6o5)cc4)c4ccc(-c5cc6ccc7ccccc7c6o5)cc4)cc3)oc12. The van der Waals surface area contributed by atoms with E-state index in [-0.39, 0.29) is 0 Å². The first kappa shape index (κ1) is 32.4. The second kappa shape index (κ2) is 12.9. The summed E-state index contributed by atoms with van der Waals surface area (Å²) in [5.41, 5.74) is 8.86. The van der Waals surface area contributed by atoms with E-state index in [1.54, 1.807) is 0 Å². The zero-order valence-corrected chi connectivity index (χ0v) is 31.2. The minimum absolute atomic E-state index is 0.843. The largest absolute Gasteiger partial charge is 0.455 e. The van der Waals surface area contributed by atoms with Crippen LogP contribution in [0.15, 0.2) is 213 Å². The molecule has 0 bridgehead atoms. The molecule has 272 valence electrons. The smallest absolute Gasteiger partial charge is 0.142 e. The predicted octanol–water partition coefficient (Wildman–Crippen LogP) is 15.9. The van der Waals surface area contributed by atoms with Gasteiger partial charge in [-0.2, -0.15) is 0 Å². The Morgan fingerprint density at radius 2 is 0.534 bits per heavy atom. The van der Waals surface area contributed by atoms with Crippen LogP contribution >= 0.6 is 0 Å². The first-order valence-electron chi connectivity index (χ1n) is 19.6. The fraction of sp³-hybridized carbons (Fsp3) is 0. The highest BCUT2D eigenvalue weighted by Gasteiger charge is 2.17. The Kier molecular flexibility index (Phi) is 7.20. The molecule has 4 heteroatoms. The molecule has 0 atom stereocenters. The van der Waals surface area contributed by atoms with E-state index in [1.807, 2.05) is 0 Å². The fourth-order valence-corrected chi connectivity index (χ4v) is 8.50. The predicted molar refractivity (Wildman–Crippen MR) is 239 cm³/mol. The second-order valence-corrected chi connectivity index (χ2v) is 14.9. The summed E-state index contributed by atoms with van der Waals surface area (Å²) < 4.78 is 19.5. The van der Waals surface area contributed by atoms with Gasteiger partial charge in [-0.3, -0.25) is 0 Å². The maximum absolute atomic E-state index is 6.51. The van der Waals surface area contributed by atoms with Gasteiger partial charge in [-0.15, -0.1) is 0 Å². The van der Waals surface area contributed by atoms with E-state index in [0.29, 0.717) is 0 Å². The van der Waals surface area contributed by atoms with Crippen LogP contribution in [0.3, 0.4) is 0 Å². The van der Waals surface area contributed by atoms with Crippen molar-refractivity contribution in [3.05, 3.63) is 200 Å². The minimum atomic E-state index is 0.843. The van der Waals surface area contributed by atoms with Crippen LogP contribution in [-0.2, 0) is 0 Å². The molecule has 0 unspecified atom stereocenters. The third kappa shape index (κ3) is 5.31. The summed E-state index contributed by atoms with van der Waals surface area (Å²) in [6.45, 7) is 0. The van der Waals surface area contributed by atoms with E-state index in [0.717, 1.165) is 100 Å². The number of nitrogens with zero attached hydrogens (tertiary/aromatic N) is 1. The maximum atomic E-state index is 6.51. The lowest BCUT2D eigenvalue weighted by Gasteiger charge is -2.26. The van der Waals surface area contributed by atoms with Gasteiger partial charge in [0.25, 0.3) is 0 Å². The van der Waals surface area contributed by atoms with Crippen LogP contribution in [0.5, 0.6) is 0 Å². The van der Waals surface area contributed by atoms with Gasteiger partial charge in [0, 0.05) is 66.1 Å². The van der Waals surface area contributed by atoms with Crippen LogP contribution in [0.25, 0.3) is 99.2 Å². The van der Waals surface area contributed by atoms with Gasteiger partial charge in [0.1, 0.15) is 34.0 Å². The van der Waals surface area contributed by atoms with E-state index >= 15 is 0 Å². The molecule has 58 heavy (non-hydrogen) atoms. The van der Waals surface area contributed by atoms with Gasteiger partial charge >= 0.3 is 0 Å². The monoisotopic (exact) mass is 743 g/mol. The summed E-state index contributed by atoms with van der Waals surface area (Å²) >= 11 is 0. The van der Waals surface area contributed by atoms with Crippen molar-refractivity contribution in [2.75, 3.05) is 4.90 Å². The molecule has 12 rings (SSSR count). The molecule has 0 aliphatic heterocycles. The quantitative estimate of drug-likeness (QED) is 0.170. The molecular weight excluding hydrogens is 711 g/mol. The summed E-state index contributed by atoms with van der Waals surface area (Å²) in [6, 6.07) is 70.2. The van der Waals surface area contributed by atoms with Crippen LogP contribution in [0.4, 0.5) is 17.1 Å². The van der Waals surface area contributed by atoms with Gasteiger partial charge in [0.05, 0.1) is 0 Å². The van der Waals surface area contributed by atoms with Gasteiger partial charge in [0.15, 0.2) is 0 Å². The number of furan rings is 3. The summed E-state index contributed by atoms with van der Waals surface area (Å²) in [5, 5.41) is 10.1. The Morgan fingerprint density at radius 1 is 0.259 bits per heavy atom. The second-order valence-electron chi connectivity index (χ2n) is 14.9. The van der Waals surface area contributed by atoms with Crippen molar-refractivity contribution in [3.8, 4) is 34.0 Å². The number of anilines is 3. The topological polar surface area (TPSA) is 42.7 Å². The summed E-state index contributed by atoms with van der Waals surface area (Å²) in [4.78, 5) is 2.28. The third-order valence-corrected chi connectivity index (χ3v) is 11.5. The Balaban J connectivity index is 0.925. The molecule has 0 fully saturated rings. The Bertz CT molecular complexity index is 3120. The third-order valence-electron chi connectivity index (χ3n) is 11.5. The number of hydrogen-bond acceptors (Lipinski definition) is 4. The molecule has 0 spiro atoms. The van der Waals surface area contributed by atoms with Gasteiger partial charge in [-0.1, -0.05) is 109 Å². The highest BCUT2D eigenvalue weighted by molar-refractivity contribution is 6.07. The molecule has 0 saturated carbocycles. The van der Waals surface area contributed by atoms with Crippen molar-refractivity contribution in [2.24, 2.45) is 0 Å². The summed E-state index contributed by atoms with van der Waals surface area (Å²) in [7, 11) is 0. The Morgan fingerprint density at radius 3 is 0.845 bits per heavy atom. The maximum Gasteiger partial charge on any atom is 0.142 e. The van der Waals surface area contributed by atoms with Gasteiger partial charge in [-0.25, -0.2) is 0 Å². The lowest BCUT2D eigenvalue weighted by atomic mass is 10.1. The zero-order valence-electron chi connectivity index (χ0n) is 31.2. The van der Waals surface area contributed by atoms with E-state index < -0.39 is 0 Å². The normalized spacial score (nSPS) is 11.8. The molecule has 3 aromatic heterocycles. The van der Waals surface area contributed by atoms with Gasteiger partial charge in [-0.05, 0) is 107 Å². The highest BCUT2D eigenvalue weighted by Crippen LogP contribution is 2.41. The van der Waals surface area contributed by atoms with E-state index in [2.05, 4.69) is 205 Å². The van der Waals surface area contributed by atoms with Crippen LogP contribution in [0, 0.1) is 0 Å². The number of fused-ring (bicyclic) bond motifs is 9. The number of rotatable bonds is 6. The average Bonchev–Trinajstić information content (AvgIpc) is 4.05. The molecular formula is C54H33NO3. The Hall–Kier alpha value is -7.82. The van der Waals surface area contributed by atoms with Crippen molar-refractivity contribution in [1.29, 1.82) is 0 Å². The van der Waals surface area contributed by atoms with Gasteiger partial charge < -0.3 is 18.2 Å². The Labute approximate surface area is 333 Å². The molecule has 0 aliphatic carbocycles. The molecule has 0 aliphatic rings. The molecule has 0 radical (unpaired) electrons. The molecule has 4 nitrogen and oxygen atoms in total. The fourth-order valence-electron chi connectivity index (χ4n) is 8.50. The van der Waals surface area contributed by atoms with E-state index in [4.69, 9.17) is 13.3 Å². The van der Waals surface area contributed by atoms with Crippen molar-refractivity contribution >= 4 is 82.3 Å². The highest BCUT2D eigenvalue weighted by atomic mass is 16.3. The van der Waals surface area contributed by atoms with E-state index in [9.17, 15) is 0 Å². The average molecular weight is 744 g/mol. The first-order chi connectivity index (χ1) is 28.7. The number of benzene rings is 9. The van der Waals surface area contributed by atoms with Crippen molar-refractivity contribution < 1.29 is 13.3 Å². The standard InChI is InChI=1S/C54H33NO3/c1-4-10-46-34(7-1)13-16-40-31-49(56-52(40)46)37-19-25-43(26-20-37)55(44-27-21-38(22-28-44)50-32-41-17-14-35-8-2-5-11-47(35)53(41)57-50)45-29-23-39(24-30-45)51-33-42-18-15-36-9-3-6-12-48(36)54(42)58-51/h1-33H. The van der Waals surface area contributed by atoms with Crippen LogP contribution in [0.1, 0.15) is 0 Å². The van der Waals surface area contributed by atoms with Crippen molar-refractivity contribution in [3.63, 3.8) is 0 Å². The number of hydrogen-bond donors (Lipinski definition) is 0. The van der Waals surface area contributed by atoms with Crippen molar-refractivity contribution in [2.45, 2.75) is 0 Å². The molecule has 9 aromatic carbocycles. The minimum Gasteiger partial charge on any atom is -0.455 e. The zero-order chi connectivity index (χ0) is 38.2. The molecule has 3 heterocycles. The lowest BCUT2D eigenvalue weighted by Crippen LogP contribution is -2.09. The first-order valence-corrected chi connectivity index (χ1v) is 19.6.